The number of para-hydroxylation sites is 1. The van der Waals surface area contributed by atoms with Gasteiger partial charge in [-0.15, -0.1) is 0 Å². The first-order valence-electron chi connectivity index (χ1n) is 11.6. The summed E-state index contributed by atoms with van der Waals surface area (Å²) in [5.41, 5.74) is 3.18. The van der Waals surface area contributed by atoms with E-state index in [4.69, 9.17) is 4.74 Å². The summed E-state index contributed by atoms with van der Waals surface area (Å²) < 4.78 is 5.96. The van der Waals surface area contributed by atoms with Gasteiger partial charge in [0.15, 0.2) is 6.61 Å². The molecule has 0 unspecified atom stereocenters. The van der Waals surface area contributed by atoms with Crippen molar-refractivity contribution in [3.05, 3.63) is 65.2 Å². The third-order valence-corrected chi connectivity index (χ3v) is 5.88. The zero-order chi connectivity index (χ0) is 23.7. The summed E-state index contributed by atoms with van der Waals surface area (Å²) in [6.07, 6.45) is 1.37. The maximum absolute atomic E-state index is 13.4. The Morgan fingerprint density at radius 3 is 2.25 bits per heavy atom. The Morgan fingerprint density at radius 2 is 1.62 bits per heavy atom. The summed E-state index contributed by atoms with van der Waals surface area (Å²) in [4.78, 5) is 28.1. The standard InChI is InChI=1S/C27H38N2O3/c1-7-21(6)28-27(31)24(8-2)29(17-22-14-10-9-13-20(22)5)26(30)18-32-25-16-12-11-15-23(25)19(3)4/h9-16,19,21,24H,7-8,17-18H2,1-6H3,(H,28,31)/t21-,24+/m0/s1. The van der Waals surface area contributed by atoms with Crippen molar-refractivity contribution in [1.29, 1.82) is 0 Å². The number of carbonyl (C=O) groups excluding carboxylic acids is 2. The maximum Gasteiger partial charge on any atom is 0.261 e. The summed E-state index contributed by atoms with van der Waals surface area (Å²) >= 11 is 0. The lowest BCUT2D eigenvalue weighted by Gasteiger charge is -2.32. The van der Waals surface area contributed by atoms with Gasteiger partial charge in [-0.25, -0.2) is 0 Å². The molecule has 0 aromatic heterocycles. The average Bonchev–Trinajstić information content (AvgIpc) is 2.78. The van der Waals surface area contributed by atoms with Crippen LogP contribution in [0.25, 0.3) is 0 Å². The van der Waals surface area contributed by atoms with E-state index >= 15 is 0 Å². The van der Waals surface area contributed by atoms with Crippen molar-refractivity contribution >= 4 is 11.8 Å². The number of carbonyl (C=O) groups is 2. The minimum Gasteiger partial charge on any atom is -0.483 e. The number of ether oxygens (including phenoxy) is 1. The van der Waals surface area contributed by atoms with Crippen LogP contribution in [0.4, 0.5) is 0 Å². The molecule has 0 saturated carbocycles. The Bertz CT molecular complexity index is 894. The zero-order valence-electron chi connectivity index (χ0n) is 20.4. The normalized spacial score (nSPS) is 12.8. The van der Waals surface area contributed by atoms with Crippen molar-refractivity contribution in [2.45, 2.75) is 78.9 Å². The van der Waals surface area contributed by atoms with Crippen molar-refractivity contribution in [1.82, 2.24) is 10.2 Å². The highest BCUT2D eigenvalue weighted by molar-refractivity contribution is 5.88. The van der Waals surface area contributed by atoms with Gasteiger partial charge in [-0.05, 0) is 55.4 Å². The molecule has 0 fully saturated rings. The van der Waals surface area contributed by atoms with E-state index in [1.54, 1.807) is 4.90 Å². The van der Waals surface area contributed by atoms with Crippen LogP contribution in [0.15, 0.2) is 48.5 Å². The molecule has 2 rings (SSSR count). The number of benzene rings is 2. The first kappa shape index (κ1) is 25.4. The highest BCUT2D eigenvalue weighted by Crippen LogP contribution is 2.26. The molecule has 0 aliphatic rings. The van der Waals surface area contributed by atoms with Gasteiger partial charge in [0.2, 0.25) is 5.91 Å². The highest BCUT2D eigenvalue weighted by Gasteiger charge is 2.30. The lowest BCUT2D eigenvalue weighted by Crippen LogP contribution is -2.51. The monoisotopic (exact) mass is 438 g/mol. The molecule has 2 amide bonds. The fraction of sp³-hybridized carbons (Fsp3) is 0.481. The summed E-state index contributed by atoms with van der Waals surface area (Å²) in [6.45, 7) is 12.4. The molecular formula is C27H38N2O3. The van der Waals surface area contributed by atoms with Gasteiger partial charge in [-0.2, -0.15) is 0 Å². The number of aryl methyl sites for hydroxylation is 1. The number of hydrogen-bond acceptors (Lipinski definition) is 3. The van der Waals surface area contributed by atoms with Gasteiger partial charge in [0.25, 0.3) is 5.91 Å². The molecule has 0 bridgehead atoms. The van der Waals surface area contributed by atoms with E-state index in [1.807, 2.05) is 76.2 Å². The molecule has 1 N–H and O–H groups in total. The zero-order valence-corrected chi connectivity index (χ0v) is 20.4. The second kappa shape index (κ2) is 12.3. The lowest BCUT2D eigenvalue weighted by atomic mass is 10.0. The maximum atomic E-state index is 13.4. The Kier molecular flexibility index (Phi) is 9.76. The molecule has 5 nitrogen and oxygen atoms in total. The predicted octanol–water partition coefficient (Wildman–Crippen LogP) is 5.22. The minimum atomic E-state index is -0.556. The van der Waals surface area contributed by atoms with Crippen LogP contribution in [0.3, 0.4) is 0 Å². The molecule has 0 aliphatic heterocycles. The van der Waals surface area contributed by atoms with Crippen LogP contribution in [0.2, 0.25) is 0 Å². The average molecular weight is 439 g/mol. The van der Waals surface area contributed by atoms with Crippen LogP contribution in [0.5, 0.6) is 5.75 Å². The summed E-state index contributed by atoms with van der Waals surface area (Å²) in [5.74, 6) is 0.683. The van der Waals surface area contributed by atoms with Gasteiger partial charge in [-0.3, -0.25) is 9.59 Å². The van der Waals surface area contributed by atoms with Crippen molar-refractivity contribution in [2.75, 3.05) is 6.61 Å². The van der Waals surface area contributed by atoms with E-state index < -0.39 is 6.04 Å². The highest BCUT2D eigenvalue weighted by atomic mass is 16.5. The minimum absolute atomic E-state index is 0.0566. The van der Waals surface area contributed by atoms with E-state index in [1.165, 1.54) is 0 Å². The number of amides is 2. The second-order valence-corrected chi connectivity index (χ2v) is 8.67. The second-order valence-electron chi connectivity index (χ2n) is 8.67. The molecule has 2 aromatic carbocycles. The SMILES string of the molecule is CC[C@H](C(=O)N[C@@H](C)CC)N(Cc1ccccc1C)C(=O)COc1ccccc1C(C)C. The first-order valence-corrected chi connectivity index (χ1v) is 11.6. The summed E-state index contributed by atoms with van der Waals surface area (Å²) in [5, 5.41) is 3.04. The predicted molar refractivity (Wildman–Crippen MR) is 130 cm³/mol. The van der Waals surface area contributed by atoms with Gasteiger partial charge in [0, 0.05) is 12.6 Å². The molecule has 0 saturated heterocycles. The van der Waals surface area contributed by atoms with Crippen molar-refractivity contribution in [3.63, 3.8) is 0 Å². The first-order chi connectivity index (χ1) is 15.3. The third kappa shape index (κ3) is 6.84. The van der Waals surface area contributed by atoms with E-state index in [-0.39, 0.29) is 30.4 Å². The fourth-order valence-electron chi connectivity index (χ4n) is 3.64. The molecule has 0 heterocycles. The van der Waals surface area contributed by atoms with Crippen molar-refractivity contribution in [2.24, 2.45) is 0 Å². The van der Waals surface area contributed by atoms with E-state index in [2.05, 4.69) is 19.2 Å². The van der Waals surface area contributed by atoms with Crippen LogP contribution < -0.4 is 10.1 Å². The van der Waals surface area contributed by atoms with E-state index in [0.717, 1.165) is 23.1 Å². The largest absolute Gasteiger partial charge is 0.483 e. The number of hydrogen-bond donors (Lipinski definition) is 1. The van der Waals surface area contributed by atoms with Gasteiger partial charge in [0.1, 0.15) is 11.8 Å². The van der Waals surface area contributed by atoms with Crippen LogP contribution in [0, 0.1) is 6.92 Å². The van der Waals surface area contributed by atoms with Crippen molar-refractivity contribution in [3.8, 4) is 5.75 Å². The summed E-state index contributed by atoms with van der Waals surface area (Å²) in [6, 6.07) is 15.3. The molecule has 5 heteroatoms. The molecule has 2 atom stereocenters. The third-order valence-electron chi connectivity index (χ3n) is 5.88. The van der Waals surface area contributed by atoms with Gasteiger partial charge >= 0.3 is 0 Å². The van der Waals surface area contributed by atoms with E-state index in [0.29, 0.717) is 18.7 Å². The lowest BCUT2D eigenvalue weighted by molar-refractivity contribution is -0.143. The topological polar surface area (TPSA) is 58.6 Å². The Morgan fingerprint density at radius 1 is 0.969 bits per heavy atom. The quantitative estimate of drug-likeness (QED) is 0.523. The molecular weight excluding hydrogens is 400 g/mol. The van der Waals surface area contributed by atoms with Crippen LogP contribution in [0.1, 0.15) is 70.1 Å². The Labute approximate surface area is 193 Å². The molecule has 0 radical (unpaired) electrons. The van der Waals surface area contributed by atoms with E-state index in [9.17, 15) is 9.59 Å². The van der Waals surface area contributed by atoms with Crippen molar-refractivity contribution < 1.29 is 14.3 Å². The Hall–Kier alpha value is -2.82. The molecule has 0 aliphatic carbocycles. The van der Waals surface area contributed by atoms with Crippen LogP contribution in [-0.2, 0) is 16.1 Å². The van der Waals surface area contributed by atoms with Crippen LogP contribution in [-0.4, -0.2) is 35.4 Å². The molecule has 2 aromatic rings. The summed E-state index contributed by atoms with van der Waals surface area (Å²) in [7, 11) is 0. The van der Waals surface area contributed by atoms with Crippen LogP contribution >= 0.6 is 0 Å². The Balaban J connectivity index is 2.27. The number of nitrogens with one attached hydrogen (secondary N) is 1. The fourth-order valence-corrected chi connectivity index (χ4v) is 3.64. The number of rotatable bonds is 11. The number of nitrogens with zero attached hydrogens (tertiary/aromatic N) is 1. The van der Waals surface area contributed by atoms with Gasteiger partial charge < -0.3 is 15.0 Å². The molecule has 32 heavy (non-hydrogen) atoms. The van der Waals surface area contributed by atoms with Gasteiger partial charge in [0.05, 0.1) is 0 Å². The van der Waals surface area contributed by atoms with Gasteiger partial charge in [-0.1, -0.05) is 70.2 Å². The molecule has 0 spiro atoms. The molecule has 174 valence electrons. The smallest absolute Gasteiger partial charge is 0.261 e.